The number of unbranched alkanes of at least 4 members (excludes halogenated alkanes) is 2. The molecule has 0 unspecified atom stereocenters. The fraction of sp³-hybridized carbons (Fsp3) is 0.615. The summed E-state index contributed by atoms with van der Waals surface area (Å²) in [6, 6.07) is 1.37. The third-order valence-corrected chi connectivity index (χ3v) is 4.79. The lowest BCUT2D eigenvalue weighted by molar-refractivity contribution is 0.0685. The predicted octanol–water partition coefficient (Wildman–Crippen LogP) is 1.99. The number of carboxylic acid groups (broad SMARTS) is 1. The molecule has 1 saturated carbocycles. The molecule has 1 fully saturated rings. The van der Waals surface area contributed by atoms with E-state index in [1.807, 2.05) is 6.92 Å². The molecular formula is C13H20N2O4S. The van der Waals surface area contributed by atoms with Gasteiger partial charge < -0.3 is 9.67 Å². The van der Waals surface area contributed by atoms with Gasteiger partial charge in [-0.05, 0) is 25.3 Å². The summed E-state index contributed by atoms with van der Waals surface area (Å²) in [5, 5.41) is 9.13. The maximum atomic E-state index is 12.1. The van der Waals surface area contributed by atoms with E-state index in [-0.39, 0.29) is 16.6 Å². The van der Waals surface area contributed by atoms with Crippen molar-refractivity contribution >= 4 is 16.0 Å². The van der Waals surface area contributed by atoms with Crippen LogP contribution in [0, 0.1) is 0 Å². The van der Waals surface area contributed by atoms with Crippen LogP contribution >= 0.6 is 0 Å². The normalized spacial score (nSPS) is 15.4. The van der Waals surface area contributed by atoms with Crippen LogP contribution in [0.15, 0.2) is 17.2 Å². The number of sulfonamides is 1. The minimum atomic E-state index is -3.62. The molecule has 0 aliphatic heterocycles. The Labute approximate surface area is 118 Å². The molecule has 1 aliphatic carbocycles. The number of hydrogen-bond acceptors (Lipinski definition) is 3. The molecule has 0 spiro atoms. The first-order valence-electron chi connectivity index (χ1n) is 6.90. The Bertz CT molecular complexity index is 588. The van der Waals surface area contributed by atoms with Gasteiger partial charge in [0.15, 0.2) is 0 Å². The molecule has 0 saturated heterocycles. The molecule has 1 aliphatic rings. The molecule has 2 N–H and O–H groups in total. The lowest BCUT2D eigenvalue weighted by Crippen LogP contribution is -2.24. The van der Waals surface area contributed by atoms with Crippen LogP contribution in [0.25, 0.3) is 0 Å². The molecule has 0 radical (unpaired) electrons. The Balaban J connectivity index is 2.15. The van der Waals surface area contributed by atoms with E-state index >= 15 is 0 Å². The van der Waals surface area contributed by atoms with Crippen molar-refractivity contribution in [2.45, 2.75) is 50.0 Å². The lowest BCUT2D eigenvalue weighted by atomic mass is 10.3. The van der Waals surface area contributed by atoms with Crippen molar-refractivity contribution in [3.63, 3.8) is 0 Å². The van der Waals surface area contributed by atoms with Gasteiger partial charge in [-0.3, -0.25) is 0 Å². The number of carboxylic acids is 1. The number of nitrogens with zero attached hydrogens (tertiary/aromatic N) is 1. The summed E-state index contributed by atoms with van der Waals surface area (Å²) in [4.78, 5) is 11.2. The van der Waals surface area contributed by atoms with Crippen molar-refractivity contribution in [3.05, 3.63) is 18.0 Å². The van der Waals surface area contributed by atoms with Gasteiger partial charge in [-0.2, -0.15) is 0 Å². The van der Waals surface area contributed by atoms with Gasteiger partial charge in [0.2, 0.25) is 10.0 Å². The highest BCUT2D eigenvalue weighted by molar-refractivity contribution is 7.89. The topological polar surface area (TPSA) is 88.4 Å². The van der Waals surface area contributed by atoms with E-state index < -0.39 is 16.0 Å². The number of carbonyl (C=O) groups is 1. The van der Waals surface area contributed by atoms with Gasteiger partial charge in [-0.1, -0.05) is 19.8 Å². The predicted molar refractivity (Wildman–Crippen MR) is 74.4 cm³/mol. The minimum Gasteiger partial charge on any atom is -0.477 e. The van der Waals surface area contributed by atoms with Gasteiger partial charge in [0.25, 0.3) is 0 Å². The number of hydrogen-bond donors (Lipinski definition) is 2. The number of aromatic nitrogens is 1. The third-order valence-electron chi connectivity index (χ3n) is 3.37. The maximum Gasteiger partial charge on any atom is 0.352 e. The fourth-order valence-corrected chi connectivity index (χ4v) is 3.19. The first-order valence-corrected chi connectivity index (χ1v) is 8.39. The summed E-state index contributed by atoms with van der Waals surface area (Å²) >= 11 is 0. The highest BCUT2D eigenvalue weighted by Gasteiger charge is 2.30. The Morgan fingerprint density at radius 1 is 1.45 bits per heavy atom. The summed E-state index contributed by atoms with van der Waals surface area (Å²) in [5.74, 6) is -1.09. The molecule has 20 heavy (non-hydrogen) atoms. The van der Waals surface area contributed by atoms with Crippen LogP contribution in [0.2, 0.25) is 0 Å². The van der Waals surface area contributed by atoms with Crippen LogP contribution in [0.5, 0.6) is 0 Å². The van der Waals surface area contributed by atoms with E-state index in [4.69, 9.17) is 5.11 Å². The molecule has 112 valence electrons. The van der Waals surface area contributed by atoms with Gasteiger partial charge in [0.05, 0.1) is 0 Å². The van der Waals surface area contributed by atoms with Crippen molar-refractivity contribution in [2.75, 3.05) is 6.54 Å². The van der Waals surface area contributed by atoms with Gasteiger partial charge in [-0.15, -0.1) is 0 Å². The monoisotopic (exact) mass is 300 g/mol. The van der Waals surface area contributed by atoms with Gasteiger partial charge in [0.1, 0.15) is 10.6 Å². The minimum absolute atomic E-state index is 0.0401. The van der Waals surface area contributed by atoms with E-state index in [1.165, 1.54) is 12.3 Å². The second kappa shape index (κ2) is 5.97. The van der Waals surface area contributed by atoms with Gasteiger partial charge >= 0.3 is 5.97 Å². The summed E-state index contributed by atoms with van der Waals surface area (Å²) in [5.41, 5.74) is 0.0430. The van der Waals surface area contributed by atoms with E-state index in [9.17, 15) is 13.2 Å². The molecule has 1 heterocycles. The fourth-order valence-electron chi connectivity index (χ4n) is 2.09. The van der Waals surface area contributed by atoms with Crippen molar-refractivity contribution in [2.24, 2.45) is 0 Å². The zero-order valence-electron chi connectivity index (χ0n) is 11.5. The summed E-state index contributed by atoms with van der Waals surface area (Å²) in [7, 11) is -3.62. The molecule has 6 nitrogen and oxygen atoms in total. The molecule has 0 bridgehead atoms. The summed E-state index contributed by atoms with van der Waals surface area (Å²) < 4.78 is 28.3. The van der Waals surface area contributed by atoms with Crippen LogP contribution in [0.3, 0.4) is 0 Å². The van der Waals surface area contributed by atoms with Crippen LogP contribution in [0.4, 0.5) is 0 Å². The summed E-state index contributed by atoms with van der Waals surface area (Å²) in [6.45, 7) is 2.43. The third kappa shape index (κ3) is 3.40. The molecule has 0 atom stereocenters. The standard InChI is InChI=1S/C13H20N2O4S/c1-2-3-4-7-14-20(18,19)11-8-12(13(16)17)15(9-11)10-5-6-10/h8-10,14H,2-7H2,1H3,(H,16,17). The van der Waals surface area contributed by atoms with E-state index in [2.05, 4.69) is 4.72 Å². The second-order valence-electron chi connectivity index (χ2n) is 5.11. The molecule has 2 rings (SSSR count). The first kappa shape index (κ1) is 15.1. The molecule has 1 aromatic heterocycles. The average Bonchev–Trinajstić information content (AvgIpc) is 3.12. The van der Waals surface area contributed by atoms with Crippen molar-refractivity contribution in [1.29, 1.82) is 0 Å². The molecule has 0 aromatic carbocycles. The smallest absolute Gasteiger partial charge is 0.352 e. The highest BCUT2D eigenvalue weighted by atomic mass is 32.2. The van der Waals surface area contributed by atoms with Crippen molar-refractivity contribution in [1.82, 2.24) is 9.29 Å². The van der Waals surface area contributed by atoms with Gasteiger partial charge in [0, 0.05) is 18.8 Å². The number of aromatic carboxylic acids is 1. The largest absolute Gasteiger partial charge is 0.477 e. The van der Waals surface area contributed by atoms with E-state index in [1.54, 1.807) is 4.57 Å². The van der Waals surface area contributed by atoms with Crippen molar-refractivity contribution < 1.29 is 18.3 Å². The Hall–Kier alpha value is -1.34. The van der Waals surface area contributed by atoms with E-state index in [0.717, 1.165) is 32.1 Å². The summed E-state index contributed by atoms with van der Waals surface area (Å²) in [6.07, 6.45) is 6.00. The maximum absolute atomic E-state index is 12.1. The van der Waals surface area contributed by atoms with E-state index in [0.29, 0.717) is 6.54 Å². The Morgan fingerprint density at radius 3 is 2.70 bits per heavy atom. The Morgan fingerprint density at radius 2 is 2.15 bits per heavy atom. The zero-order valence-corrected chi connectivity index (χ0v) is 12.3. The van der Waals surface area contributed by atoms with Crippen LogP contribution in [-0.4, -0.2) is 30.6 Å². The lowest BCUT2D eigenvalue weighted by Gasteiger charge is -2.04. The number of rotatable bonds is 8. The molecular weight excluding hydrogens is 280 g/mol. The first-order chi connectivity index (χ1) is 9.45. The van der Waals surface area contributed by atoms with Crippen LogP contribution in [-0.2, 0) is 10.0 Å². The zero-order chi connectivity index (χ0) is 14.8. The van der Waals surface area contributed by atoms with Crippen LogP contribution in [0.1, 0.15) is 55.6 Å². The molecule has 0 amide bonds. The second-order valence-corrected chi connectivity index (χ2v) is 6.88. The Kier molecular flexibility index (Phi) is 4.49. The molecule has 1 aromatic rings. The molecule has 7 heteroatoms. The number of nitrogens with one attached hydrogen (secondary N) is 1. The quantitative estimate of drug-likeness (QED) is 0.719. The van der Waals surface area contributed by atoms with Crippen molar-refractivity contribution in [3.8, 4) is 0 Å². The van der Waals surface area contributed by atoms with Gasteiger partial charge in [-0.25, -0.2) is 17.9 Å². The average molecular weight is 300 g/mol. The SMILES string of the molecule is CCCCCNS(=O)(=O)c1cc(C(=O)O)n(C2CC2)c1. The van der Waals surface area contributed by atoms with Crippen LogP contribution < -0.4 is 4.72 Å². The highest BCUT2D eigenvalue weighted by Crippen LogP contribution is 2.37.